The quantitative estimate of drug-likeness (QED) is 0.670. The number of benzene rings is 2. The van der Waals surface area contributed by atoms with Crippen LogP contribution in [0, 0.1) is 0 Å². The van der Waals surface area contributed by atoms with Gasteiger partial charge in [-0.25, -0.2) is 17.9 Å². The molecule has 2 aromatic carbocycles. The van der Waals surface area contributed by atoms with E-state index in [4.69, 9.17) is 17.3 Å². The summed E-state index contributed by atoms with van der Waals surface area (Å²) in [5.41, 5.74) is 8.35. The molecule has 2 rings (SSSR count). The highest BCUT2D eigenvalue weighted by Crippen LogP contribution is 2.18. The molecule has 0 aliphatic heterocycles. The molecule has 0 saturated heterocycles. The number of carbonyl (C=O) groups is 1. The van der Waals surface area contributed by atoms with Gasteiger partial charge in [-0.15, -0.1) is 0 Å². The molecule has 6 nitrogen and oxygen atoms in total. The Bertz CT molecular complexity index is 868. The first-order valence-corrected chi connectivity index (χ1v) is 10.1. The molecule has 0 fully saturated rings. The number of aryl methyl sites for hydroxylation is 1. The lowest BCUT2D eigenvalue weighted by Crippen LogP contribution is -2.40. The molecular weight excluding hydrogens is 374 g/mol. The highest BCUT2D eigenvalue weighted by atomic mass is 35.5. The standard InChI is InChI=1S/C18H22ClN3O3S/c1-2-13-5-8-17(19)15(11-13)9-10-21-18(23)22-26(24,25)16-6-3-14(12-20)4-7-16/h3-8,11H,2,9-10,12,20H2,1H3,(H2,21,22,23). The van der Waals surface area contributed by atoms with Crippen molar-refractivity contribution in [3.63, 3.8) is 0 Å². The maximum absolute atomic E-state index is 12.2. The van der Waals surface area contributed by atoms with E-state index < -0.39 is 16.1 Å². The number of sulfonamides is 1. The fraction of sp³-hybridized carbons (Fsp3) is 0.278. The van der Waals surface area contributed by atoms with E-state index in [1.165, 1.54) is 12.1 Å². The molecule has 4 N–H and O–H groups in total. The van der Waals surface area contributed by atoms with Gasteiger partial charge in [-0.2, -0.15) is 0 Å². The number of nitrogens with two attached hydrogens (primary N) is 1. The van der Waals surface area contributed by atoms with Gasteiger partial charge in [0.1, 0.15) is 0 Å². The van der Waals surface area contributed by atoms with Crippen molar-refractivity contribution in [3.05, 3.63) is 64.2 Å². The van der Waals surface area contributed by atoms with Crippen LogP contribution in [0.1, 0.15) is 23.6 Å². The van der Waals surface area contributed by atoms with E-state index in [9.17, 15) is 13.2 Å². The maximum Gasteiger partial charge on any atom is 0.328 e. The number of halogens is 1. The molecule has 26 heavy (non-hydrogen) atoms. The molecule has 8 heteroatoms. The van der Waals surface area contributed by atoms with Crippen molar-refractivity contribution in [2.24, 2.45) is 5.73 Å². The summed E-state index contributed by atoms with van der Waals surface area (Å²) in [6.07, 6.45) is 1.39. The third-order valence-electron chi connectivity index (χ3n) is 3.89. The Morgan fingerprint density at radius 3 is 2.38 bits per heavy atom. The maximum atomic E-state index is 12.2. The zero-order chi connectivity index (χ0) is 19.2. The first-order chi connectivity index (χ1) is 12.4. The Balaban J connectivity index is 1.91. The van der Waals surface area contributed by atoms with Crippen molar-refractivity contribution in [1.29, 1.82) is 0 Å². The van der Waals surface area contributed by atoms with Crippen molar-refractivity contribution < 1.29 is 13.2 Å². The van der Waals surface area contributed by atoms with Crippen molar-refractivity contribution in [2.45, 2.75) is 31.2 Å². The fourth-order valence-electron chi connectivity index (χ4n) is 2.37. The minimum atomic E-state index is -3.93. The Morgan fingerprint density at radius 1 is 1.12 bits per heavy atom. The lowest BCUT2D eigenvalue weighted by atomic mass is 10.1. The van der Waals surface area contributed by atoms with Gasteiger partial charge in [0.25, 0.3) is 10.0 Å². The SMILES string of the molecule is CCc1ccc(Cl)c(CCNC(=O)NS(=O)(=O)c2ccc(CN)cc2)c1. The lowest BCUT2D eigenvalue weighted by Gasteiger charge is -2.10. The highest BCUT2D eigenvalue weighted by Gasteiger charge is 2.17. The summed E-state index contributed by atoms with van der Waals surface area (Å²) in [5, 5.41) is 3.16. The molecular formula is C18H22ClN3O3S. The average Bonchev–Trinajstić information content (AvgIpc) is 2.63. The normalized spacial score (nSPS) is 11.2. The molecule has 0 atom stereocenters. The summed E-state index contributed by atoms with van der Waals surface area (Å²) in [6, 6.07) is 11.0. The van der Waals surface area contributed by atoms with Crippen LogP contribution in [0.15, 0.2) is 47.4 Å². The molecule has 0 heterocycles. The Morgan fingerprint density at radius 2 is 1.77 bits per heavy atom. The van der Waals surface area contributed by atoms with Gasteiger partial charge < -0.3 is 11.1 Å². The first-order valence-electron chi connectivity index (χ1n) is 8.22. The third-order valence-corrected chi connectivity index (χ3v) is 5.61. The van der Waals surface area contributed by atoms with Crippen LogP contribution >= 0.6 is 11.6 Å². The van der Waals surface area contributed by atoms with E-state index in [0.29, 0.717) is 18.0 Å². The van der Waals surface area contributed by atoms with Gasteiger partial charge in [0.2, 0.25) is 0 Å². The molecule has 0 aromatic heterocycles. The number of hydrogen-bond donors (Lipinski definition) is 3. The van der Waals surface area contributed by atoms with E-state index in [0.717, 1.165) is 23.1 Å². The minimum Gasteiger partial charge on any atom is -0.337 e. The van der Waals surface area contributed by atoms with Crippen LogP contribution in [-0.4, -0.2) is 21.0 Å². The van der Waals surface area contributed by atoms with Gasteiger partial charge in [0.05, 0.1) is 4.90 Å². The van der Waals surface area contributed by atoms with E-state index in [2.05, 4.69) is 5.32 Å². The van der Waals surface area contributed by atoms with Crippen molar-refractivity contribution in [1.82, 2.24) is 10.0 Å². The smallest absolute Gasteiger partial charge is 0.328 e. The zero-order valence-corrected chi connectivity index (χ0v) is 16.0. The molecule has 0 aliphatic rings. The minimum absolute atomic E-state index is 0.00328. The predicted octanol–water partition coefficient (Wildman–Crippen LogP) is 2.59. The van der Waals surface area contributed by atoms with Crippen LogP contribution in [0.5, 0.6) is 0 Å². The van der Waals surface area contributed by atoms with Crippen LogP contribution in [0.3, 0.4) is 0 Å². The van der Waals surface area contributed by atoms with Crippen molar-refractivity contribution >= 4 is 27.7 Å². The Labute approximate surface area is 158 Å². The number of amides is 2. The van der Waals surface area contributed by atoms with Gasteiger partial charge in [-0.1, -0.05) is 42.8 Å². The van der Waals surface area contributed by atoms with Gasteiger partial charge in [-0.3, -0.25) is 0 Å². The second-order valence-corrected chi connectivity index (χ2v) is 7.83. The zero-order valence-electron chi connectivity index (χ0n) is 14.5. The molecule has 2 amide bonds. The van der Waals surface area contributed by atoms with Crippen LogP contribution in [0.4, 0.5) is 4.79 Å². The topological polar surface area (TPSA) is 101 Å². The third kappa shape index (κ3) is 5.45. The summed E-state index contributed by atoms with van der Waals surface area (Å²) >= 11 is 6.15. The van der Waals surface area contributed by atoms with Crippen molar-refractivity contribution in [2.75, 3.05) is 6.54 Å². The van der Waals surface area contributed by atoms with Crippen molar-refractivity contribution in [3.8, 4) is 0 Å². The molecule has 2 aromatic rings. The predicted molar refractivity (Wildman–Crippen MR) is 103 cm³/mol. The largest absolute Gasteiger partial charge is 0.337 e. The molecule has 0 aliphatic carbocycles. The highest BCUT2D eigenvalue weighted by molar-refractivity contribution is 7.90. The summed E-state index contributed by atoms with van der Waals surface area (Å²) in [7, 11) is -3.93. The molecule has 0 spiro atoms. The second-order valence-electron chi connectivity index (χ2n) is 5.74. The van der Waals surface area contributed by atoms with Gasteiger partial charge >= 0.3 is 6.03 Å². The van der Waals surface area contributed by atoms with E-state index in [-0.39, 0.29) is 11.4 Å². The fourth-order valence-corrected chi connectivity index (χ4v) is 3.51. The number of rotatable bonds is 7. The summed E-state index contributed by atoms with van der Waals surface area (Å²) in [4.78, 5) is 11.9. The lowest BCUT2D eigenvalue weighted by molar-refractivity contribution is 0.246. The molecule has 0 saturated carbocycles. The van der Waals surface area contributed by atoms with E-state index >= 15 is 0 Å². The molecule has 140 valence electrons. The van der Waals surface area contributed by atoms with Crippen LogP contribution in [0.2, 0.25) is 5.02 Å². The van der Waals surface area contributed by atoms with Gasteiger partial charge in [0.15, 0.2) is 0 Å². The summed E-state index contributed by atoms with van der Waals surface area (Å²) < 4.78 is 26.4. The van der Waals surface area contributed by atoms with Crippen LogP contribution in [-0.2, 0) is 29.4 Å². The van der Waals surface area contributed by atoms with E-state index in [1.807, 2.05) is 29.8 Å². The first kappa shape index (κ1) is 20.2. The average molecular weight is 396 g/mol. The molecule has 0 bridgehead atoms. The summed E-state index contributed by atoms with van der Waals surface area (Å²) in [5.74, 6) is 0. The summed E-state index contributed by atoms with van der Waals surface area (Å²) in [6.45, 7) is 2.63. The number of nitrogens with one attached hydrogen (secondary N) is 2. The number of hydrogen-bond acceptors (Lipinski definition) is 4. The molecule has 0 unspecified atom stereocenters. The number of urea groups is 1. The second kappa shape index (κ2) is 9.02. The van der Waals surface area contributed by atoms with Gasteiger partial charge in [-0.05, 0) is 47.7 Å². The van der Waals surface area contributed by atoms with Crippen LogP contribution in [0.25, 0.3) is 0 Å². The van der Waals surface area contributed by atoms with Crippen LogP contribution < -0.4 is 15.8 Å². The Hall–Kier alpha value is -2.09. The monoisotopic (exact) mass is 395 g/mol. The molecule has 0 radical (unpaired) electrons. The van der Waals surface area contributed by atoms with Gasteiger partial charge in [0, 0.05) is 18.1 Å². The number of carbonyl (C=O) groups excluding carboxylic acids is 1. The van der Waals surface area contributed by atoms with E-state index in [1.54, 1.807) is 12.1 Å². The Kier molecular flexibility index (Phi) is 7.02.